The number of hydrogen-bond acceptors (Lipinski definition) is 2. The summed E-state index contributed by atoms with van der Waals surface area (Å²) in [6, 6.07) is 12.5. The maximum absolute atomic E-state index is 13.4. The lowest BCUT2D eigenvalue weighted by Crippen LogP contribution is -2.08. The minimum atomic E-state index is -0.253. The van der Waals surface area contributed by atoms with Crippen LogP contribution in [0, 0.1) is 5.82 Å². The summed E-state index contributed by atoms with van der Waals surface area (Å²) >= 11 is 0. The van der Waals surface area contributed by atoms with E-state index in [4.69, 9.17) is 4.74 Å². The number of halogens is 1. The van der Waals surface area contributed by atoms with Crippen molar-refractivity contribution in [2.45, 2.75) is 0 Å². The van der Waals surface area contributed by atoms with Gasteiger partial charge in [0, 0.05) is 31.9 Å². The highest BCUT2D eigenvalue weighted by atomic mass is 19.1. The Kier molecular flexibility index (Phi) is 3.56. The normalized spacial score (nSPS) is 10.2. The van der Waals surface area contributed by atoms with Crippen LogP contribution in [0.5, 0.6) is 11.5 Å². The van der Waals surface area contributed by atoms with Crippen LogP contribution in [0.4, 0.5) is 10.1 Å². The Morgan fingerprint density at radius 2 is 1.78 bits per heavy atom. The molecule has 0 saturated heterocycles. The summed E-state index contributed by atoms with van der Waals surface area (Å²) in [4.78, 5) is 1.99. The molecule has 92 valence electrons. The summed E-state index contributed by atoms with van der Waals surface area (Å²) in [7, 11) is 5.65. The van der Waals surface area contributed by atoms with Gasteiger partial charge in [-0.15, -0.1) is 0 Å². The third-order valence-electron chi connectivity index (χ3n) is 2.71. The Balaban J connectivity index is 2.23. The molecule has 0 aliphatic rings. The Hall–Kier alpha value is -1.97. The third kappa shape index (κ3) is 2.83. The largest absolute Gasteiger partial charge is 0.457 e. The van der Waals surface area contributed by atoms with E-state index in [0.717, 1.165) is 5.69 Å². The van der Waals surface area contributed by atoms with Crippen molar-refractivity contribution in [1.29, 1.82) is 0 Å². The van der Waals surface area contributed by atoms with E-state index >= 15 is 0 Å². The fourth-order valence-corrected chi connectivity index (χ4v) is 1.60. The maximum atomic E-state index is 13.4. The van der Waals surface area contributed by atoms with Gasteiger partial charge < -0.3 is 9.64 Å². The van der Waals surface area contributed by atoms with Gasteiger partial charge in [-0.1, -0.05) is 17.6 Å². The second-order valence-electron chi connectivity index (χ2n) is 4.40. The molecule has 0 aliphatic carbocycles. The first-order valence-electron chi connectivity index (χ1n) is 5.77. The number of rotatable bonds is 3. The van der Waals surface area contributed by atoms with Gasteiger partial charge in [0.2, 0.25) is 0 Å². The summed E-state index contributed by atoms with van der Waals surface area (Å²) in [5, 5.41) is 0. The molecular formula is C14H15BFNO. The van der Waals surface area contributed by atoms with Crippen LogP contribution in [0.15, 0.2) is 42.5 Å². The lowest BCUT2D eigenvalue weighted by Gasteiger charge is -2.14. The zero-order valence-corrected chi connectivity index (χ0v) is 10.8. The quantitative estimate of drug-likeness (QED) is 0.764. The molecule has 0 heterocycles. The Morgan fingerprint density at radius 1 is 1.06 bits per heavy atom. The van der Waals surface area contributed by atoms with Crippen molar-refractivity contribution in [3.63, 3.8) is 0 Å². The minimum Gasteiger partial charge on any atom is -0.457 e. The van der Waals surface area contributed by atoms with Crippen LogP contribution in [-0.2, 0) is 0 Å². The molecular weight excluding hydrogens is 228 g/mol. The van der Waals surface area contributed by atoms with E-state index in [9.17, 15) is 4.39 Å². The Morgan fingerprint density at radius 3 is 2.44 bits per heavy atom. The molecule has 2 rings (SSSR count). The molecule has 0 saturated carbocycles. The van der Waals surface area contributed by atoms with Gasteiger partial charge in [-0.25, -0.2) is 4.39 Å². The van der Waals surface area contributed by atoms with E-state index in [1.807, 2.05) is 43.3 Å². The molecule has 0 atom stereocenters. The Bertz CT molecular complexity index is 557. The van der Waals surface area contributed by atoms with E-state index in [1.54, 1.807) is 20.0 Å². The average Bonchev–Trinajstić information content (AvgIpc) is 2.34. The predicted molar refractivity (Wildman–Crippen MR) is 75.4 cm³/mol. The van der Waals surface area contributed by atoms with Gasteiger partial charge in [-0.2, -0.15) is 0 Å². The summed E-state index contributed by atoms with van der Waals surface area (Å²) < 4.78 is 19.0. The van der Waals surface area contributed by atoms with Crippen LogP contribution in [0.2, 0.25) is 0 Å². The lowest BCUT2D eigenvalue weighted by molar-refractivity contribution is 0.477. The summed E-state index contributed by atoms with van der Waals surface area (Å²) in [5.74, 6) is 0.953. The van der Waals surface area contributed by atoms with Gasteiger partial charge in [0.25, 0.3) is 0 Å². The van der Waals surface area contributed by atoms with Crippen LogP contribution in [0.1, 0.15) is 0 Å². The minimum absolute atomic E-state index is 0.253. The molecule has 2 aromatic carbocycles. The smallest absolute Gasteiger partial charge is 0.143 e. The number of ether oxygens (including phenoxy) is 1. The standard InChI is InChI=1S/C14H15BFNO/c1-17(2)10-4-3-5-11(8-10)18-12-6-7-13(15)14(16)9-12/h3-9H,15H2,1-2H3. The number of benzene rings is 2. The second-order valence-corrected chi connectivity index (χ2v) is 4.40. The van der Waals surface area contributed by atoms with E-state index in [0.29, 0.717) is 17.0 Å². The molecule has 0 amide bonds. The van der Waals surface area contributed by atoms with E-state index in [1.165, 1.54) is 6.07 Å². The van der Waals surface area contributed by atoms with Crippen molar-refractivity contribution < 1.29 is 9.13 Å². The van der Waals surface area contributed by atoms with E-state index in [2.05, 4.69) is 0 Å². The van der Waals surface area contributed by atoms with Crippen molar-refractivity contribution in [2.24, 2.45) is 0 Å². The number of anilines is 1. The maximum Gasteiger partial charge on any atom is 0.143 e. The molecule has 0 unspecified atom stereocenters. The first kappa shape index (κ1) is 12.5. The highest BCUT2D eigenvalue weighted by molar-refractivity contribution is 6.32. The van der Waals surface area contributed by atoms with Crippen LogP contribution < -0.4 is 15.1 Å². The van der Waals surface area contributed by atoms with Crippen molar-refractivity contribution in [1.82, 2.24) is 0 Å². The fourth-order valence-electron chi connectivity index (χ4n) is 1.60. The van der Waals surface area contributed by atoms with Crippen molar-refractivity contribution in [2.75, 3.05) is 19.0 Å². The molecule has 0 fully saturated rings. The Labute approximate surface area is 107 Å². The summed E-state index contributed by atoms with van der Waals surface area (Å²) in [5.41, 5.74) is 1.66. The summed E-state index contributed by atoms with van der Waals surface area (Å²) in [6.45, 7) is 0. The monoisotopic (exact) mass is 243 g/mol. The molecule has 0 bridgehead atoms. The van der Waals surface area contributed by atoms with Gasteiger partial charge in [-0.3, -0.25) is 0 Å². The highest BCUT2D eigenvalue weighted by Gasteiger charge is 2.03. The first-order valence-corrected chi connectivity index (χ1v) is 5.77. The van der Waals surface area contributed by atoms with Crippen molar-refractivity contribution in [3.8, 4) is 11.5 Å². The average molecular weight is 243 g/mol. The molecule has 0 aromatic heterocycles. The number of nitrogens with zero attached hydrogens (tertiary/aromatic N) is 1. The van der Waals surface area contributed by atoms with Crippen LogP contribution in [0.25, 0.3) is 0 Å². The second kappa shape index (κ2) is 5.13. The highest BCUT2D eigenvalue weighted by Crippen LogP contribution is 2.25. The van der Waals surface area contributed by atoms with E-state index < -0.39 is 0 Å². The van der Waals surface area contributed by atoms with Gasteiger partial charge in [0.05, 0.1) is 0 Å². The zero-order valence-electron chi connectivity index (χ0n) is 10.8. The van der Waals surface area contributed by atoms with Crippen LogP contribution >= 0.6 is 0 Å². The molecule has 0 spiro atoms. The van der Waals surface area contributed by atoms with Crippen LogP contribution in [0.3, 0.4) is 0 Å². The lowest BCUT2D eigenvalue weighted by atomic mass is 9.96. The first-order chi connectivity index (χ1) is 8.56. The molecule has 0 radical (unpaired) electrons. The van der Waals surface area contributed by atoms with Crippen molar-refractivity contribution >= 4 is 19.0 Å². The van der Waals surface area contributed by atoms with E-state index in [-0.39, 0.29) is 5.82 Å². The molecule has 2 aromatic rings. The summed E-state index contributed by atoms with van der Waals surface area (Å²) in [6.07, 6.45) is 0. The van der Waals surface area contributed by atoms with Gasteiger partial charge in [0.1, 0.15) is 25.2 Å². The number of hydrogen-bond donors (Lipinski definition) is 0. The van der Waals surface area contributed by atoms with Crippen LogP contribution in [-0.4, -0.2) is 21.9 Å². The van der Waals surface area contributed by atoms with Gasteiger partial charge in [0.15, 0.2) is 0 Å². The molecule has 18 heavy (non-hydrogen) atoms. The molecule has 0 N–H and O–H groups in total. The molecule has 4 heteroatoms. The zero-order chi connectivity index (χ0) is 13.1. The van der Waals surface area contributed by atoms with Gasteiger partial charge >= 0.3 is 0 Å². The fraction of sp³-hybridized carbons (Fsp3) is 0.143. The topological polar surface area (TPSA) is 12.5 Å². The predicted octanol–water partition coefficient (Wildman–Crippen LogP) is 1.94. The molecule has 2 nitrogen and oxygen atoms in total. The van der Waals surface area contributed by atoms with Gasteiger partial charge in [-0.05, 0) is 18.2 Å². The molecule has 0 aliphatic heterocycles. The third-order valence-corrected chi connectivity index (χ3v) is 2.71. The van der Waals surface area contributed by atoms with Crippen molar-refractivity contribution in [3.05, 3.63) is 48.3 Å². The SMILES string of the molecule is Bc1ccc(Oc2cccc(N(C)C)c2)cc1F.